The molecule has 1 aromatic heterocycles. The van der Waals surface area contributed by atoms with Gasteiger partial charge in [0.05, 0.1) is 0 Å². The van der Waals surface area contributed by atoms with E-state index in [0.717, 1.165) is 29.2 Å². The number of nitrogens with two attached hydrogens (primary N) is 1. The van der Waals surface area contributed by atoms with Crippen LogP contribution >= 0.6 is 11.6 Å². The largest absolute Gasteiger partial charge is 0.370 e. The van der Waals surface area contributed by atoms with Gasteiger partial charge in [-0.3, -0.25) is 14.7 Å². The molecule has 0 bridgehead atoms. The van der Waals surface area contributed by atoms with Gasteiger partial charge in [-0.1, -0.05) is 29.8 Å². The second kappa shape index (κ2) is 9.05. The summed E-state index contributed by atoms with van der Waals surface area (Å²) < 4.78 is 0. The molecule has 0 aliphatic carbocycles. The zero-order valence-corrected chi connectivity index (χ0v) is 13.9. The molecule has 24 heavy (non-hydrogen) atoms. The normalized spacial score (nSPS) is 12.5. The molecule has 0 spiro atoms. The van der Waals surface area contributed by atoms with Crippen molar-refractivity contribution >= 4 is 23.4 Å². The number of hydrogen-bond acceptors (Lipinski definition) is 4. The van der Waals surface area contributed by atoms with Crippen molar-refractivity contribution in [2.75, 3.05) is 13.1 Å². The van der Waals surface area contributed by atoms with Crippen LogP contribution in [-0.4, -0.2) is 35.1 Å². The Labute approximate surface area is 145 Å². The first-order valence-electron chi connectivity index (χ1n) is 7.62. The van der Waals surface area contributed by atoms with Crippen LogP contribution in [-0.2, 0) is 17.8 Å². The molecule has 8 heteroatoms. The maximum absolute atomic E-state index is 11.8. The molecule has 0 unspecified atom stereocenters. The molecule has 5 N–H and O–H groups in total. The second-order valence-electron chi connectivity index (χ2n) is 5.22. The van der Waals surface area contributed by atoms with Gasteiger partial charge in [0.25, 0.3) is 5.91 Å². The molecule has 2 amide bonds. The van der Waals surface area contributed by atoms with Gasteiger partial charge in [-0.2, -0.15) is 5.10 Å². The number of nitrogens with zero attached hydrogens (tertiary/aromatic N) is 1. The van der Waals surface area contributed by atoms with Gasteiger partial charge in [0, 0.05) is 48.8 Å². The van der Waals surface area contributed by atoms with E-state index in [0.29, 0.717) is 12.2 Å². The molecule has 0 saturated heterocycles. The summed E-state index contributed by atoms with van der Waals surface area (Å²) in [7, 11) is 0. The molecule has 128 valence electrons. The number of carbonyl (C=O) groups is 2. The molecule has 0 atom stereocenters. The number of rotatable bonds is 4. The van der Waals surface area contributed by atoms with Crippen LogP contribution in [0.15, 0.2) is 30.3 Å². The lowest BCUT2D eigenvalue weighted by molar-refractivity contribution is -0.117. The Bertz CT molecular complexity index is 687. The van der Waals surface area contributed by atoms with E-state index in [9.17, 15) is 9.59 Å². The highest BCUT2D eigenvalue weighted by atomic mass is 35.5. The minimum atomic E-state index is -0.434. The van der Waals surface area contributed by atoms with Gasteiger partial charge in [0.1, 0.15) is 0 Å². The van der Waals surface area contributed by atoms with Gasteiger partial charge >= 0.3 is 0 Å². The van der Waals surface area contributed by atoms with E-state index in [1.54, 1.807) is 0 Å². The van der Waals surface area contributed by atoms with Crippen molar-refractivity contribution in [3.05, 3.63) is 52.3 Å². The highest BCUT2D eigenvalue weighted by Crippen LogP contribution is 2.14. The molecular weight excluding hydrogens is 330 g/mol. The molecule has 0 radical (unpaired) electrons. The Hall–Kier alpha value is -2.38. The highest BCUT2D eigenvalue weighted by molar-refractivity contribution is 6.30. The smallest absolute Gasteiger partial charge is 0.272 e. The Morgan fingerprint density at radius 1 is 1.29 bits per heavy atom. The number of benzene rings is 1. The van der Waals surface area contributed by atoms with Crippen LogP contribution in [0.1, 0.15) is 28.2 Å². The summed E-state index contributed by atoms with van der Waals surface area (Å²) in [5.74, 6) is -0.705. The zero-order valence-electron chi connectivity index (χ0n) is 13.1. The maximum atomic E-state index is 11.8. The summed E-state index contributed by atoms with van der Waals surface area (Å²) >= 11 is 5.54. The summed E-state index contributed by atoms with van der Waals surface area (Å²) in [6.45, 7) is 1.77. The number of aromatic amines is 1. The number of H-pyrrole nitrogens is 1. The number of primary amides is 1. The van der Waals surface area contributed by atoms with Gasteiger partial charge in [0.15, 0.2) is 5.69 Å². The fraction of sp³-hybridized carbons (Fsp3) is 0.312. The number of fused-ring (bicyclic) bond motifs is 1. The molecule has 1 aliphatic rings. The molecule has 3 rings (SSSR count). The van der Waals surface area contributed by atoms with Gasteiger partial charge in [0.2, 0.25) is 5.91 Å². The van der Waals surface area contributed by atoms with Crippen LogP contribution in [0.3, 0.4) is 0 Å². The van der Waals surface area contributed by atoms with Crippen molar-refractivity contribution in [3.63, 3.8) is 0 Å². The van der Waals surface area contributed by atoms with Gasteiger partial charge in [-0.05, 0) is 12.1 Å². The second-order valence-corrected chi connectivity index (χ2v) is 5.66. The average Bonchev–Trinajstić information content (AvgIpc) is 3.00. The molecule has 2 heterocycles. The van der Waals surface area contributed by atoms with Crippen molar-refractivity contribution in [2.24, 2.45) is 5.73 Å². The first kappa shape index (κ1) is 18.0. The van der Waals surface area contributed by atoms with E-state index in [2.05, 4.69) is 20.8 Å². The number of amides is 2. The summed E-state index contributed by atoms with van der Waals surface area (Å²) in [5, 5.41) is 13.5. The topological polar surface area (TPSA) is 113 Å². The zero-order chi connectivity index (χ0) is 17.4. The first-order valence-corrected chi connectivity index (χ1v) is 7.99. The Balaban J connectivity index is 0.000000249. The van der Waals surface area contributed by atoms with Gasteiger partial charge in [-0.25, -0.2) is 0 Å². The monoisotopic (exact) mass is 349 g/mol. The van der Waals surface area contributed by atoms with Crippen molar-refractivity contribution in [2.45, 2.75) is 19.4 Å². The first-order chi connectivity index (χ1) is 11.6. The lowest BCUT2D eigenvalue weighted by atomic mass is 10.1. The predicted molar refractivity (Wildman–Crippen MR) is 91.6 cm³/mol. The van der Waals surface area contributed by atoms with Gasteiger partial charge < -0.3 is 16.4 Å². The predicted octanol–water partition coefficient (Wildman–Crippen LogP) is 1.00. The molecule has 7 nitrogen and oxygen atoms in total. The summed E-state index contributed by atoms with van der Waals surface area (Å²) in [4.78, 5) is 22.3. The summed E-state index contributed by atoms with van der Waals surface area (Å²) in [6, 6.07) is 9.44. The van der Waals surface area contributed by atoms with Crippen LogP contribution < -0.4 is 16.4 Å². The molecule has 0 fully saturated rings. The standard InChI is InChI=1S/C10H15N5O2.C6H5Cl/c11-8(16)2-4-13-10(17)9-6-5-12-3-1-7(6)14-15-9;7-6-4-2-1-3-5-6/h12H,1-5H2,(H2,11,16)(H,13,17)(H,14,15);1-5H. The quantitative estimate of drug-likeness (QED) is 0.659. The Kier molecular flexibility index (Phi) is 6.77. The lowest BCUT2D eigenvalue weighted by Crippen LogP contribution is -2.30. The summed E-state index contributed by atoms with van der Waals surface area (Å²) in [5.41, 5.74) is 7.30. The van der Waals surface area contributed by atoms with Gasteiger partial charge in [-0.15, -0.1) is 0 Å². The number of aromatic nitrogens is 2. The maximum Gasteiger partial charge on any atom is 0.272 e. The highest BCUT2D eigenvalue weighted by Gasteiger charge is 2.21. The Morgan fingerprint density at radius 2 is 2.04 bits per heavy atom. The third-order valence-corrected chi connectivity index (χ3v) is 3.66. The average molecular weight is 350 g/mol. The third-order valence-electron chi connectivity index (χ3n) is 3.41. The fourth-order valence-electron chi connectivity index (χ4n) is 2.21. The van der Waals surface area contributed by atoms with Crippen molar-refractivity contribution in [1.82, 2.24) is 20.8 Å². The van der Waals surface area contributed by atoms with Crippen molar-refractivity contribution < 1.29 is 9.59 Å². The van der Waals surface area contributed by atoms with Crippen LogP contribution in [0.4, 0.5) is 0 Å². The molecule has 1 aromatic carbocycles. The summed E-state index contributed by atoms with van der Waals surface area (Å²) in [6.07, 6.45) is 0.980. The number of nitrogens with one attached hydrogen (secondary N) is 3. The van der Waals surface area contributed by atoms with Crippen LogP contribution in [0, 0.1) is 0 Å². The van der Waals surface area contributed by atoms with Crippen molar-refractivity contribution in [3.8, 4) is 0 Å². The van der Waals surface area contributed by atoms with E-state index in [-0.39, 0.29) is 18.9 Å². The molecule has 1 aliphatic heterocycles. The SMILES string of the molecule is Clc1ccccc1.NC(=O)CCNC(=O)c1n[nH]c2c1CNCC2. The minimum Gasteiger partial charge on any atom is -0.370 e. The van der Waals surface area contributed by atoms with Crippen molar-refractivity contribution in [1.29, 1.82) is 0 Å². The lowest BCUT2D eigenvalue weighted by Gasteiger charge is -2.12. The van der Waals surface area contributed by atoms with E-state index in [4.69, 9.17) is 17.3 Å². The number of carbonyl (C=O) groups excluding carboxylic acids is 2. The van der Waals surface area contributed by atoms with E-state index in [1.807, 2.05) is 30.3 Å². The van der Waals surface area contributed by atoms with Crippen LogP contribution in [0.2, 0.25) is 5.02 Å². The van der Waals surface area contributed by atoms with E-state index < -0.39 is 5.91 Å². The van der Waals surface area contributed by atoms with Crippen LogP contribution in [0.25, 0.3) is 0 Å². The van der Waals surface area contributed by atoms with Crippen LogP contribution in [0.5, 0.6) is 0 Å². The minimum absolute atomic E-state index is 0.136. The number of halogens is 1. The number of hydrogen-bond donors (Lipinski definition) is 4. The fourth-order valence-corrected chi connectivity index (χ4v) is 2.36. The van der Waals surface area contributed by atoms with E-state index >= 15 is 0 Å². The Morgan fingerprint density at radius 3 is 2.67 bits per heavy atom. The molecule has 2 aromatic rings. The molecule has 0 saturated carbocycles. The third kappa shape index (κ3) is 5.36. The molecular formula is C16H20ClN5O2. The van der Waals surface area contributed by atoms with E-state index in [1.165, 1.54) is 0 Å².